The minimum Gasteiger partial charge on any atom is -0.482 e. The molecule has 1 atom stereocenters. The number of carbonyl (C=O) groups is 2. The van der Waals surface area contributed by atoms with Crippen LogP contribution in [0.1, 0.15) is 56.7 Å². The zero-order valence-electron chi connectivity index (χ0n) is 23.6. The van der Waals surface area contributed by atoms with Gasteiger partial charge in [0.25, 0.3) is 5.91 Å². The summed E-state index contributed by atoms with van der Waals surface area (Å²) in [5.74, 6) is -1.47. The maximum atomic E-state index is 14.2. The normalized spacial score (nSPS) is 16.6. The van der Waals surface area contributed by atoms with Gasteiger partial charge in [0.1, 0.15) is 17.5 Å². The molecule has 2 aromatic heterocycles. The van der Waals surface area contributed by atoms with E-state index in [0.29, 0.717) is 12.8 Å². The third-order valence-corrected chi connectivity index (χ3v) is 7.31. The van der Waals surface area contributed by atoms with Crippen LogP contribution in [0.3, 0.4) is 0 Å². The number of hydrogen-bond acceptors (Lipinski definition) is 8. The summed E-state index contributed by atoms with van der Waals surface area (Å²) in [7, 11) is 2.62. The Bertz CT molecular complexity index is 1790. The van der Waals surface area contributed by atoms with Crippen molar-refractivity contribution < 1.29 is 50.5 Å². The standard InChI is InChI=1S/C30H23F5N4O6/c1-38(17-9-12-22-24(14-17)45-30(34,35)44-22)27(40)16-5-3-6-18(13-16)39-25-20(26(37-39)29(31,32)33)7-4-8-23(25)43-19-10-11-21(36-15-19)28(41)42-2/h3,5-6,9-15,23H,4,7-8H2,1-2H3. The van der Waals surface area contributed by atoms with Crippen LogP contribution in [0.25, 0.3) is 5.69 Å². The highest BCUT2D eigenvalue weighted by Crippen LogP contribution is 2.44. The number of methoxy groups -OCH3 is 1. The van der Waals surface area contributed by atoms with Crippen LogP contribution in [0.2, 0.25) is 0 Å². The number of carbonyl (C=O) groups excluding carboxylic acids is 2. The lowest BCUT2D eigenvalue weighted by Crippen LogP contribution is -2.26. The number of halogens is 5. The fourth-order valence-corrected chi connectivity index (χ4v) is 5.25. The van der Waals surface area contributed by atoms with Crippen LogP contribution in [-0.4, -0.2) is 47.1 Å². The van der Waals surface area contributed by atoms with Crippen LogP contribution >= 0.6 is 0 Å². The first-order chi connectivity index (χ1) is 21.3. The first kappa shape index (κ1) is 29.8. The zero-order chi connectivity index (χ0) is 32.1. The minimum absolute atomic E-state index is 0.0242. The van der Waals surface area contributed by atoms with Gasteiger partial charge < -0.3 is 23.8 Å². The van der Waals surface area contributed by atoms with E-state index in [2.05, 4.69) is 24.3 Å². The number of hydrogen-bond donors (Lipinski definition) is 0. The van der Waals surface area contributed by atoms with Crippen molar-refractivity contribution in [3.05, 3.63) is 89.0 Å². The van der Waals surface area contributed by atoms with E-state index < -0.39 is 36.1 Å². The van der Waals surface area contributed by atoms with Gasteiger partial charge in [0.05, 0.1) is 24.7 Å². The Morgan fingerprint density at radius 1 is 1.07 bits per heavy atom. The second-order valence-corrected chi connectivity index (χ2v) is 10.2. The quantitative estimate of drug-likeness (QED) is 0.185. The van der Waals surface area contributed by atoms with Crippen molar-refractivity contribution in [3.63, 3.8) is 0 Å². The monoisotopic (exact) mass is 630 g/mol. The lowest BCUT2D eigenvalue weighted by molar-refractivity contribution is -0.286. The van der Waals surface area contributed by atoms with Crippen LogP contribution in [0.5, 0.6) is 17.2 Å². The molecular formula is C30H23F5N4O6. The number of ether oxygens (including phenoxy) is 4. The van der Waals surface area contributed by atoms with Gasteiger partial charge >= 0.3 is 18.4 Å². The molecule has 1 amide bonds. The van der Waals surface area contributed by atoms with Crippen LogP contribution in [0.15, 0.2) is 60.8 Å². The predicted molar refractivity (Wildman–Crippen MR) is 146 cm³/mol. The molecule has 1 aliphatic carbocycles. The van der Waals surface area contributed by atoms with E-state index in [4.69, 9.17) is 4.74 Å². The van der Waals surface area contributed by atoms with Gasteiger partial charge in [0.15, 0.2) is 17.2 Å². The number of esters is 1. The Kier molecular flexibility index (Phi) is 7.33. The lowest BCUT2D eigenvalue weighted by atomic mass is 9.93. The Morgan fingerprint density at radius 2 is 1.84 bits per heavy atom. The Morgan fingerprint density at radius 3 is 2.56 bits per heavy atom. The van der Waals surface area contributed by atoms with E-state index in [1.807, 2.05) is 0 Å². The number of anilines is 1. The van der Waals surface area contributed by atoms with Crippen molar-refractivity contribution in [2.45, 2.75) is 37.8 Å². The van der Waals surface area contributed by atoms with Crippen molar-refractivity contribution in [2.24, 2.45) is 0 Å². The highest BCUT2D eigenvalue weighted by atomic mass is 19.4. The summed E-state index contributed by atoms with van der Waals surface area (Å²) in [6.07, 6.45) is -7.32. The highest BCUT2D eigenvalue weighted by molar-refractivity contribution is 6.06. The number of amides is 1. The zero-order valence-corrected chi connectivity index (χ0v) is 23.6. The van der Waals surface area contributed by atoms with Crippen LogP contribution in [0.4, 0.5) is 27.6 Å². The van der Waals surface area contributed by atoms with Gasteiger partial charge in [-0.3, -0.25) is 4.79 Å². The van der Waals surface area contributed by atoms with Crippen molar-refractivity contribution >= 4 is 17.6 Å². The lowest BCUT2D eigenvalue weighted by Gasteiger charge is -2.26. The van der Waals surface area contributed by atoms with Crippen molar-refractivity contribution in [2.75, 3.05) is 19.1 Å². The van der Waals surface area contributed by atoms with Crippen LogP contribution < -0.4 is 19.1 Å². The average molecular weight is 631 g/mol. The molecule has 2 aliphatic rings. The summed E-state index contributed by atoms with van der Waals surface area (Å²) in [6.45, 7) is 0. The van der Waals surface area contributed by atoms with Gasteiger partial charge in [0.2, 0.25) is 0 Å². The van der Waals surface area contributed by atoms with Gasteiger partial charge in [-0.15, -0.1) is 8.78 Å². The summed E-state index contributed by atoms with van der Waals surface area (Å²) < 4.78 is 90.1. The van der Waals surface area contributed by atoms with Crippen LogP contribution in [-0.2, 0) is 17.3 Å². The molecule has 10 nitrogen and oxygen atoms in total. The summed E-state index contributed by atoms with van der Waals surface area (Å²) >= 11 is 0. The van der Waals surface area contributed by atoms with E-state index in [1.165, 1.54) is 79.9 Å². The maximum absolute atomic E-state index is 14.2. The Hall–Kier alpha value is -5.21. The summed E-state index contributed by atoms with van der Waals surface area (Å²) in [5.41, 5.74) is -0.418. The summed E-state index contributed by atoms with van der Waals surface area (Å²) in [5, 5.41) is 3.94. The SMILES string of the molecule is COC(=O)c1ccc(OC2CCCc3c(C(F)(F)F)nn(-c4cccc(C(=O)N(C)c5ccc6c(c5)OC(F)(F)O6)c4)c32)cn1. The number of fused-ring (bicyclic) bond motifs is 2. The Labute approximate surface area is 251 Å². The molecule has 234 valence electrons. The molecular weight excluding hydrogens is 607 g/mol. The van der Waals surface area contributed by atoms with E-state index in [9.17, 15) is 31.5 Å². The molecule has 0 spiro atoms. The van der Waals surface area contributed by atoms with Gasteiger partial charge in [-0.1, -0.05) is 6.07 Å². The fraction of sp³-hybridized carbons (Fsp3) is 0.267. The smallest absolute Gasteiger partial charge is 0.482 e. The predicted octanol–water partition coefficient (Wildman–Crippen LogP) is 6.13. The second kappa shape index (κ2) is 11.1. The van der Waals surface area contributed by atoms with Gasteiger partial charge in [-0.05, 0) is 61.7 Å². The second-order valence-electron chi connectivity index (χ2n) is 10.2. The van der Waals surface area contributed by atoms with E-state index >= 15 is 0 Å². The molecule has 1 unspecified atom stereocenters. The largest absolute Gasteiger partial charge is 0.586 e. The highest BCUT2D eigenvalue weighted by Gasteiger charge is 2.44. The number of pyridine rings is 1. The maximum Gasteiger partial charge on any atom is 0.586 e. The first-order valence-corrected chi connectivity index (χ1v) is 13.5. The molecule has 0 radical (unpaired) electrons. The summed E-state index contributed by atoms with van der Waals surface area (Å²) in [4.78, 5) is 30.4. The minimum atomic E-state index is -4.76. The molecule has 0 saturated heterocycles. The van der Waals surface area contributed by atoms with Gasteiger partial charge in [0, 0.05) is 29.9 Å². The molecule has 1 aliphatic heterocycles. The molecule has 45 heavy (non-hydrogen) atoms. The topological polar surface area (TPSA) is 105 Å². The third-order valence-electron chi connectivity index (χ3n) is 7.31. The third kappa shape index (κ3) is 5.72. The Balaban J connectivity index is 1.33. The molecule has 3 heterocycles. The average Bonchev–Trinajstić information content (AvgIpc) is 3.57. The van der Waals surface area contributed by atoms with Gasteiger partial charge in [-0.2, -0.15) is 18.3 Å². The number of aromatic nitrogens is 3. The molecule has 0 bridgehead atoms. The van der Waals surface area contributed by atoms with E-state index in [0.717, 1.165) is 4.68 Å². The van der Waals surface area contributed by atoms with Gasteiger partial charge in [-0.25, -0.2) is 14.5 Å². The molecule has 0 fully saturated rings. The number of rotatable bonds is 6. The first-order valence-electron chi connectivity index (χ1n) is 13.5. The number of alkyl halides is 5. The molecule has 0 N–H and O–H groups in total. The van der Waals surface area contributed by atoms with Crippen molar-refractivity contribution in [1.29, 1.82) is 0 Å². The van der Waals surface area contributed by atoms with Crippen molar-refractivity contribution in [1.82, 2.24) is 14.8 Å². The summed E-state index contributed by atoms with van der Waals surface area (Å²) in [6, 6.07) is 12.5. The molecule has 15 heteroatoms. The number of nitrogens with zero attached hydrogens (tertiary/aromatic N) is 4. The van der Waals surface area contributed by atoms with Crippen molar-refractivity contribution in [3.8, 4) is 22.9 Å². The fourth-order valence-electron chi connectivity index (χ4n) is 5.25. The number of benzene rings is 2. The molecule has 6 rings (SSSR count). The molecule has 0 saturated carbocycles. The van der Waals surface area contributed by atoms with E-state index in [-0.39, 0.29) is 57.6 Å². The molecule has 2 aromatic carbocycles. The molecule has 4 aromatic rings. The van der Waals surface area contributed by atoms with E-state index in [1.54, 1.807) is 0 Å². The van der Waals surface area contributed by atoms with Crippen LogP contribution in [0, 0.1) is 0 Å².